The second-order valence-corrected chi connectivity index (χ2v) is 5.61. The first kappa shape index (κ1) is 13.7. The summed E-state index contributed by atoms with van der Waals surface area (Å²) in [6, 6.07) is 17.5. The van der Waals surface area contributed by atoms with Gasteiger partial charge in [0.05, 0.1) is 11.2 Å². The lowest BCUT2D eigenvalue weighted by Crippen LogP contribution is -1.84. The predicted molar refractivity (Wildman–Crippen MR) is 90.2 cm³/mol. The second-order valence-electron chi connectivity index (χ2n) is 4.69. The number of carbonyl (C=O) groups is 1. The third-order valence-corrected chi connectivity index (χ3v) is 3.66. The fourth-order valence-electron chi connectivity index (χ4n) is 2.12. The maximum atomic E-state index is 10.8. The maximum Gasteiger partial charge on any atom is 0.150 e. The highest BCUT2D eigenvalue weighted by molar-refractivity contribution is 9.10. The maximum absolute atomic E-state index is 10.8. The van der Waals surface area contributed by atoms with Crippen molar-refractivity contribution in [2.75, 3.05) is 0 Å². The molecule has 0 saturated carbocycles. The number of carbonyl (C=O) groups excluding carboxylic acids is 1. The molecular formula is C18H12BrNO. The van der Waals surface area contributed by atoms with Crippen LogP contribution in [0.3, 0.4) is 0 Å². The topological polar surface area (TPSA) is 30.0 Å². The Balaban J connectivity index is 1.93. The van der Waals surface area contributed by atoms with Crippen molar-refractivity contribution in [2.45, 2.75) is 0 Å². The highest BCUT2D eigenvalue weighted by atomic mass is 79.9. The van der Waals surface area contributed by atoms with E-state index in [2.05, 4.69) is 27.0 Å². The first-order valence-electron chi connectivity index (χ1n) is 6.54. The molecule has 102 valence electrons. The smallest absolute Gasteiger partial charge is 0.150 e. The lowest BCUT2D eigenvalue weighted by atomic mass is 10.1. The van der Waals surface area contributed by atoms with E-state index in [-0.39, 0.29) is 0 Å². The number of pyridine rings is 1. The Morgan fingerprint density at radius 1 is 0.905 bits per heavy atom. The van der Waals surface area contributed by atoms with Crippen LogP contribution in [-0.4, -0.2) is 11.3 Å². The first-order valence-corrected chi connectivity index (χ1v) is 7.33. The van der Waals surface area contributed by atoms with Crippen LogP contribution in [0.5, 0.6) is 0 Å². The Hall–Kier alpha value is -2.26. The molecule has 0 aliphatic rings. The summed E-state index contributed by atoms with van der Waals surface area (Å²) >= 11 is 3.46. The summed E-state index contributed by atoms with van der Waals surface area (Å²) in [6.07, 6.45) is 4.76. The fourth-order valence-corrected chi connectivity index (χ4v) is 2.47. The standard InChI is InChI=1S/C18H12BrNO/c19-16-7-5-15-6-9-17(20-18(15)11-16)8-4-13-2-1-3-14(10-13)12-21/h1-12H. The Kier molecular flexibility index (Phi) is 3.93. The molecule has 21 heavy (non-hydrogen) atoms. The summed E-state index contributed by atoms with van der Waals surface area (Å²) in [4.78, 5) is 15.4. The minimum absolute atomic E-state index is 0.674. The van der Waals surface area contributed by atoms with Gasteiger partial charge in [-0.2, -0.15) is 0 Å². The fraction of sp³-hybridized carbons (Fsp3) is 0. The van der Waals surface area contributed by atoms with Crippen LogP contribution in [-0.2, 0) is 0 Å². The number of hydrogen-bond acceptors (Lipinski definition) is 2. The average Bonchev–Trinajstić information content (AvgIpc) is 2.52. The molecule has 0 atom stereocenters. The molecule has 0 aliphatic carbocycles. The summed E-state index contributed by atoms with van der Waals surface area (Å²) < 4.78 is 1.02. The summed E-state index contributed by atoms with van der Waals surface area (Å²) in [5.74, 6) is 0. The van der Waals surface area contributed by atoms with E-state index >= 15 is 0 Å². The van der Waals surface area contributed by atoms with Gasteiger partial charge in [-0.1, -0.05) is 52.3 Å². The van der Waals surface area contributed by atoms with Gasteiger partial charge in [0.15, 0.2) is 0 Å². The monoisotopic (exact) mass is 337 g/mol. The van der Waals surface area contributed by atoms with E-state index in [1.807, 2.05) is 54.6 Å². The molecule has 3 aromatic rings. The van der Waals surface area contributed by atoms with Crippen LogP contribution in [0.15, 0.2) is 59.1 Å². The SMILES string of the molecule is O=Cc1cccc(C=Cc2ccc3ccc(Br)cc3n2)c1. The molecule has 0 spiro atoms. The van der Waals surface area contributed by atoms with E-state index in [1.165, 1.54) is 0 Å². The third-order valence-electron chi connectivity index (χ3n) is 3.17. The third kappa shape index (κ3) is 3.26. The zero-order valence-corrected chi connectivity index (χ0v) is 12.7. The van der Waals surface area contributed by atoms with E-state index in [0.717, 1.165) is 32.9 Å². The lowest BCUT2D eigenvalue weighted by Gasteiger charge is -2.00. The quantitative estimate of drug-likeness (QED) is 0.631. The molecular weight excluding hydrogens is 326 g/mol. The van der Waals surface area contributed by atoms with Crippen molar-refractivity contribution >= 4 is 45.3 Å². The summed E-state index contributed by atoms with van der Waals surface area (Å²) in [5, 5.41) is 1.11. The number of nitrogens with zero attached hydrogens (tertiary/aromatic N) is 1. The average molecular weight is 338 g/mol. The van der Waals surface area contributed by atoms with Crippen LogP contribution >= 0.6 is 15.9 Å². The normalized spacial score (nSPS) is 11.1. The van der Waals surface area contributed by atoms with Crippen molar-refractivity contribution in [3.63, 3.8) is 0 Å². The van der Waals surface area contributed by atoms with Crippen molar-refractivity contribution in [3.8, 4) is 0 Å². The Bertz CT molecular complexity index is 839. The molecule has 0 N–H and O–H groups in total. The van der Waals surface area contributed by atoms with Crippen molar-refractivity contribution in [3.05, 3.63) is 75.9 Å². The van der Waals surface area contributed by atoms with Gasteiger partial charge in [-0.05, 0) is 35.9 Å². The highest BCUT2D eigenvalue weighted by Crippen LogP contribution is 2.19. The van der Waals surface area contributed by atoms with Gasteiger partial charge in [-0.3, -0.25) is 4.79 Å². The van der Waals surface area contributed by atoms with Crippen LogP contribution in [0.4, 0.5) is 0 Å². The first-order chi connectivity index (χ1) is 10.2. The van der Waals surface area contributed by atoms with Gasteiger partial charge < -0.3 is 0 Å². The molecule has 3 rings (SSSR count). The van der Waals surface area contributed by atoms with E-state index in [4.69, 9.17) is 0 Å². The molecule has 2 aromatic carbocycles. The number of rotatable bonds is 3. The van der Waals surface area contributed by atoms with E-state index in [0.29, 0.717) is 5.56 Å². The molecule has 0 radical (unpaired) electrons. The Morgan fingerprint density at radius 3 is 2.57 bits per heavy atom. The van der Waals surface area contributed by atoms with Gasteiger partial charge in [-0.15, -0.1) is 0 Å². The molecule has 0 aliphatic heterocycles. The van der Waals surface area contributed by atoms with Gasteiger partial charge >= 0.3 is 0 Å². The molecule has 0 amide bonds. The number of fused-ring (bicyclic) bond motifs is 1. The van der Waals surface area contributed by atoms with Crippen molar-refractivity contribution < 1.29 is 4.79 Å². The van der Waals surface area contributed by atoms with E-state index < -0.39 is 0 Å². The molecule has 2 nitrogen and oxygen atoms in total. The van der Waals surface area contributed by atoms with Gasteiger partial charge in [0.1, 0.15) is 6.29 Å². The molecule has 1 aromatic heterocycles. The zero-order chi connectivity index (χ0) is 14.7. The van der Waals surface area contributed by atoms with Crippen LogP contribution < -0.4 is 0 Å². The van der Waals surface area contributed by atoms with Gasteiger partial charge in [-0.25, -0.2) is 4.98 Å². The second kappa shape index (κ2) is 6.02. The van der Waals surface area contributed by atoms with E-state index in [9.17, 15) is 4.79 Å². The van der Waals surface area contributed by atoms with Gasteiger partial charge in [0.25, 0.3) is 0 Å². The number of halogens is 1. The Labute approximate surface area is 131 Å². The van der Waals surface area contributed by atoms with Crippen LogP contribution in [0.25, 0.3) is 23.1 Å². The number of aromatic nitrogens is 1. The van der Waals surface area contributed by atoms with Gasteiger partial charge in [0, 0.05) is 15.4 Å². The van der Waals surface area contributed by atoms with Crippen LogP contribution in [0, 0.1) is 0 Å². The minimum Gasteiger partial charge on any atom is -0.298 e. The Morgan fingerprint density at radius 2 is 1.71 bits per heavy atom. The van der Waals surface area contributed by atoms with Gasteiger partial charge in [0.2, 0.25) is 0 Å². The van der Waals surface area contributed by atoms with Crippen LogP contribution in [0.2, 0.25) is 0 Å². The number of benzene rings is 2. The molecule has 1 heterocycles. The molecule has 0 unspecified atom stereocenters. The predicted octanol–water partition coefficient (Wildman–Crippen LogP) is 4.98. The zero-order valence-electron chi connectivity index (χ0n) is 11.2. The van der Waals surface area contributed by atoms with Crippen molar-refractivity contribution in [1.29, 1.82) is 0 Å². The summed E-state index contributed by atoms with van der Waals surface area (Å²) in [7, 11) is 0. The summed E-state index contributed by atoms with van der Waals surface area (Å²) in [5.41, 5.74) is 3.49. The van der Waals surface area contributed by atoms with E-state index in [1.54, 1.807) is 6.07 Å². The minimum atomic E-state index is 0.674. The van der Waals surface area contributed by atoms with Crippen LogP contribution in [0.1, 0.15) is 21.6 Å². The highest BCUT2D eigenvalue weighted by Gasteiger charge is 1.97. The molecule has 3 heteroatoms. The lowest BCUT2D eigenvalue weighted by molar-refractivity contribution is 0.112. The van der Waals surface area contributed by atoms with Crippen molar-refractivity contribution in [2.24, 2.45) is 0 Å². The number of hydrogen-bond donors (Lipinski definition) is 0. The molecule has 0 bridgehead atoms. The molecule has 0 saturated heterocycles. The largest absolute Gasteiger partial charge is 0.298 e. The number of aldehydes is 1. The molecule has 0 fully saturated rings. The van der Waals surface area contributed by atoms with Crippen molar-refractivity contribution in [1.82, 2.24) is 4.98 Å². The summed E-state index contributed by atoms with van der Waals surface area (Å²) in [6.45, 7) is 0.